The van der Waals surface area contributed by atoms with E-state index in [0.717, 1.165) is 0 Å². The van der Waals surface area contributed by atoms with Crippen molar-refractivity contribution in [1.82, 2.24) is 0 Å². The van der Waals surface area contributed by atoms with Crippen LogP contribution in [-0.2, 0) is 21.0 Å². The molecule has 2 aliphatic heterocycles. The number of esters is 2. The predicted octanol–water partition coefficient (Wildman–Crippen LogP) is 4.53. The standard InChI is InChI=1S/C24H18O6/c1-23(19-9-5-3-7-17(19)21(25)29-23)27-15-11-13-16(14-12-15)28-24(2)20-10-6-4-8-18(20)22(26)30-24/h3-14H,1-2H3. The molecule has 2 atom stereocenters. The van der Waals surface area contributed by atoms with Crippen LogP contribution in [0.15, 0.2) is 72.8 Å². The third kappa shape index (κ3) is 2.80. The predicted molar refractivity (Wildman–Crippen MR) is 106 cm³/mol. The zero-order valence-electron chi connectivity index (χ0n) is 16.4. The van der Waals surface area contributed by atoms with E-state index in [-0.39, 0.29) is 0 Å². The van der Waals surface area contributed by atoms with Gasteiger partial charge in [-0.15, -0.1) is 0 Å². The van der Waals surface area contributed by atoms with Crippen LogP contribution in [0.5, 0.6) is 11.5 Å². The lowest BCUT2D eigenvalue weighted by atomic mass is 10.0. The van der Waals surface area contributed by atoms with Gasteiger partial charge >= 0.3 is 11.9 Å². The molecule has 0 N–H and O–H groups in total. The molecule has 6 nitrogen and oxygen atoms in total. The largest absolute Gasteiger partial charge is 0.448 e. The van der Waals surface area contributed by atoms with Crippen LogP contribution in [0.25, 0.3) is 0 Å². The first kappa shape index (κ1) is 18.2. The highest BCUT2D eigenvalue weighted by Gasteiger charge is 2.45. The van der Waals surface area contributed by atoms with Crippen LogP contribution < -0.4 is 9.47 Å². The molecule has 0 fully saturated rings. The zero-order chi connectivity index (χ0) is 20.9. The fraction of sp³-hybridized carbons (Fsp3) is 0.167. The number of fused-ring (bicyclic) bond motifs is 2. The molecule has 0 amide bonds. The zero-order valence-corrected chi connectivity index (χ0v) is 16.4. The van der Waals surface area contributed by atoms with Gasteiger partial charge in [-0.1, -0.05) is 36.4 Å². The third-order valence-corrected chi connectivity index (χ3v) is 5.30. The Balaban J connectivity index is 1.36. The van der Waals surface area contributed by atoms with Gasteiger partial charge in [0, 0.05) is 13.8 Å². The molecule has 6 heteroatoms. The molecule has 0 spiro atoms. The molecule has 2 aliphatic rings. The van der Waals surface area contributed by atoms with Crippen molar-refractivity contribution in [3.63, 3.8) is 0 Å². The van der Waals surface area contributed by atoms with Gasteiger partial charge in [0.05, 0.1) is 22.3 Å². The number of carbonyl (C=O) groups is 2. The summed E-state index contributed by atoms with van der Waals surface area (Å²) in [5.74, 6) is -2.23. The number of ether oxygens (including phenoxy) is 4. The summed E-state index contributed by atoms with van der Waals surface area (Å²) < 4.78 is 23.0. The van der Waals surface area contributed by atoms with Crippen LogP contribution in [-0.4, -0.2) is 11.9 Å². The number of rotatable bonds is 4. The van der Waals surface area contributed by atoms with E-state index < -0.39 is 23.5 Å². The topological polar surface area (TPSA) is 71.1 Å². The second kappa shape index (κ2) is 6.35. The second-order valence-corrected chi connectivity index (χ2v) is 7.44. The Bertz CT molecular complexity index is 1080. The Morgan fingerprint density at radius 1 is 0.600 bits per heavy atom. The summed E-state index contributed by atoms with van der Waals surface area (Å²) in [6.07, 6.45) is 0. The molecule has 0 aliphatic carbocycles. The lowest BCUT2D eigenvalue weighted by Crippen LogP contribution is -2.30. The van der Waals surface area contributed by atoms with Crippen molar-refractivity contribution < 1.29 is 28.5 Å². The Morgan fingerprint density at radius 3 is 1.37 bits per heavy atom. The van der Waals surface area contributed by atoms with E-state index in [1.807, 2.05) is 24.3 Å². The third-order valence-electron chi connectivity index (χ3n) is 5.30. The summed E-state index contributed by atoms with van der Waals surface area (Å²) in [4.78, 5) is 24.2. The van der Waals surface area contributed by atoms with Crippen LogP contribution >= 0.6 is 0 Å². The number of hydrogen-bond donors (Lipinski definition) is 0. The van der Waals surface area contributed by atoms with Crippen molar-refractivity contribution in [3.8, 4) is 11.5 Å². The maximum Gasteiger partial charge on any atom is 0.342 e. The minimum atomic E-state index is -1.21. The van der Waals surface area contributed by atoms with Crippen molar-refractivity contribution in [1.29, 1.82) is 0 Å². The Kier molecular flexibility index (Phi) is 3.86. The fourth-order valence-corrected chi connectivity index (χ4v) is 3.87. The van der Waals surface area contributed by atoms with E-state index in [1.54, 1.807) is 62.4 Å². The van der Waals surface area contributed by atoms with E-state index in [1.165, 1.54) is 0 Å². The van der Waals surface area contributed by atoms with E-state index in [2.05, 4.69) is 0 Å². The molecule has 3 aromatic rings. The molecule has 30 heavy (non-hydrogen) atoms. The summed E-state index contributed by atoms with van der Waals surface area (Å²) in [5.41, 5.74) is 2.35. The van der Waals surface area contributed by atoms with Crippen molar-refractivity contribution in [2.75, 3.05) is 0 Å². The van der Waals surface area contributed by atoms with Crippen molar-refractivity contribution in [2.24, 2.45) is 0 Å². The summed E-state index contributed by atoms with van der Waals surface area (Å²) in [6, 6.07) is 21.1. The minimum Gasteiger partial charge on any atom is -0.448 e. The molecule has 0 radical (unpaired) electrons. The first-order valence-corrected chi connectivity index (χ1v) is 9.52. The monoisotopic (exact) mass is 402 g/mol. The highest BCUT2D eigenvalue weighted by Crippen LogP contribution is 2.40. The van der Waals surface area contributed by atoms with E-state index in [0.29, 0.717) is 33.8 Å². The molecule has 150 valence electrons. The smallest absolute Gasteiger partial charge is 0.342 e. The Labute approximate surface area is 173 Å². The van der Waals surface area contributed by atoms with Gasteiger partial charge in [-0.3, -0.25) is 0 Å². The number of hydrogen-bond acceptors (Lipinski definition) is 6. The molecule has 3 aromatic carbocycles. The van der Waals surface area contributed by atoms with Gasteiger partial charge in [-0.05, 0) is 36.4 Å². The Morgan fingerprint density at radius 2 is 0.967 bits per heavy atom. The molecule has 2 heterocycles. The van der Waals surface area contributed by atoms with Gasteiger partial charge in [0.25, 0.3) is 11.6 Å². The minimum absolute atomic E-state index is 0.414. The first-order valence-electron chi connectivity index (χ1n) is 9.52. The highest BCUT2D eigenvalue weighted by molar-refractivity contribution is 5.95. The van der Waals surface area contributed by atoms with Gasteiger partial charge in [-0.2, -0.15) is 0 Å². The quantitative estimate of drug-likeness (QED) is 0.597. The van der Waals surface area contributed by atoms with Gasteiger partial charge in [0.2, 0.25) is 0 Å². The maximum atomic E-state index is 12.1. The highest BCUT2D eigenvalue weighted by atomic mass is 16.7. The van der Waals surface area contributed by atoms with Crippen LogP contribution in [0.2, 0.25) is 0 Å². The van der Waals surface area contributed by atoms with Gasteiger partial charge in [0.1, 0.15) is 11.5 Å². The van der Waals surface area contributed by atoms with Crippen molar-refractivity contribution in [2.45, 2.75) is 25.4 Å². The van der Waals surface area contributed by atoms with E-state index in [9.17, 15) is 9.59 Å². The molecular formula is C24H18O6. The number of carbonyl (C=O) groups excluding carboxylic acids is 2. The molecule has 0 aromatic heterocycles. The summed E-state index contributed by atoms with van der Waals surface area (Å²) in [6.45, 7) is 3.41. The molecule has 0 bridgehead atoms. The number of benzene rings is 3. The van der Waals surface area contributed by atoms with Crippen molar-refractivity contribution >= 4 is 11.9 Å². The Hall–Kier alpha value is -3.80. The van der Waals surface area contributed by atoms with Gasteiger partial charge in [0.15, 0.2) is 0 Å². The van der Waals surface area contributed by atoms with Crippen LogP contribution in [0, 0.1) is 0 Å². The molecule has 0 saturated carbocycles. The average Bonchev–Trinajstić information content (AvgIpc) is 3.14. The molecule has 0 saturated heterocycles. The van der Waals surface area contributed by atoms with Crippen LogP contribution in [0.3, 0.4) is 0 Å². The normalized spacial score (nSPS) is 23.9. The maximum absolute atomic E-state index is 12.1. The summed E-state index contributed by atoms with van der Waals surface area (Å²) >= 11 is 0. The fourth-order valence-electron chi connectivity index (χ4n) is 3.87. The first-order chi connectivity index (χ1) is 14.4. The lowest BCUT2D eigenvalue weighted by Gasteiger charge is -2.27. The summed E-state index contributed by atoms with van der Waals surface area (Å²) in [7, 11) is 0. The van der Waals surface area contributed by atoms with Crippen LogP contribution in [0.1, 0.15) is 45.7 Å². The summed E-state index contributed by atoms with van der Waals surface area (Å²) in [5, 5.41) is 0. The molecule has 5 rings (SSSR count). The molecular weight excluding hydrogens is 384 g/mol. The van der Waals surface area contributed by atoms with E-state index in [4.69, 9.17) is 18.9 Å². The lowest BCUT2D eigenvalue weighted by molar-refractivity contribution is -0.129. The van der Waals surface area contributed by atoms with E-state index >= 15 is 0 Å². The number of cyclic esters (lactones) is 2. The van der Waals surface area contributed by atoms with Crippen molar-refractivity contribution in [3.05, 3.63) is 95.1 Å². The molecule has 2 unspecified atom stereocenters. The SMILES string of the molecule is CC1(Oc2ccc(OC3(C)OC(=O)c4ccccc43)cc2)OC(=O)c2ccccc21. The van der Waals surface area contributed by atoms with Gasteiger partial charge in [-0.25, -0.2) is 9.59 Å². The second-order valence-electron chi connectivity index (χ2n) is 7.44. The average molecular weight is 402 g/mol. The van der Waals surface area contributed by atoms with Crippen LogP contribution in [0.4, 0.5) is 0 Å². The van der Waals surface area contributed by atoms with Gasteiger partial charge < -0.3 is 18.9 Å².